The number of carbonyl (C=O) groups excluding carboxylic acids is 1. The second-order valence-electron chi connectivity index (χ2n) is 5.81. The van der Waals surface area contributed by atoms with Gasteiger partial charge in [0.1, 0.15) is 11.5 Å². The van der Waals surface area contributed by atoms with E-state index in [1.165, 1.54) is 0 Å². The van der Waals surface area contributed by atoms with Crippen molar-refractivity contribution in [1.29, 1.82) is 0 Å². The fraction of sp³-hybridized carbons (Fsp3) is 0.250. The molecule has 1 aromatic heterocycles. The number of rotatable bonds is 8. The number of hydrogen-bond acceptors (Lipinski definition) is 6. The molecule has 0 spiro atoms. The standard InChI is InChI=1S/C20H21N3O4/c1-3-25-16-8-10-17(11-9-16)26-13-19(24)22-18-7-5-4-6-15(18)12-20-21-14(2)23-27-20/h4-11H,3,12-13H2,1-2H3,(H,22,24). The quantitative estimate of drug-likeness (QED) is 0.657. The van der Waals surface area contributed by atoms with Gasteiger partial charge in [0.15, 0.2) is 12.4 Å². The molecule has 140 valence electrons. The number of ether oxygens (including phenoxy) is 2. The first kappa shape index (κ1) is 18.4. The van der Waals surface area contributed by atoms with Gasteiger partial charge in [0.2, 0.25) is 5.89 Å². The van der Waals surface area contributed by atoms with Crippen molar-refractivity contribution < 1.29 is 18.8 Å². The van der Waals surface area contributed by atoms with E-state index in [4.69, 9.17) is 14.0 Å². The van der Waals surface area contributed by atoms with Crippen molar-refractivity contribution in [2.45, 2.75) is 20.3 Å². The number of benzene rings is 2. The van der Waals surface area contributed by atoms with Crippen LogP contribution < -0.4 is 14.8 Å². The van der Waals surface area contributed by atoms with Gasteiger partial charge in [-0.25, -0.2) is 0 Å². The van der Waals surface area contributed by atoms with Gasteiger partial charge in [0, 0.05) is 5.69 Å². The van der Waals surface area contributed by atoms with Crippen LogP contribution in [0.15, 0.2) is 53.1 Å². The molecule has 0 bridgehead atoms. The molecule has 0 unspecified atom stereocenters. The SMILES string of the molecule is CCOc1ccc(OCC(=O)Nc2ccccc2Cc2nc(C)no2)cc1. The minimum atomic E-state index is -0.252. The fourth-order valence-electron chi connectivity index (χ4n) is 2.51. The summed E-state index contributed by atoms with van der Waals surface area (Å²) in [4.78, 5) is 16.4. The average molecular weight is 367 g/mol. The minimum absolute atomic E-state index is 0.0953. The maximum Gasteiger partial charge on any atom is 0.262 e. The van der Waals surface area contributed by atoms with Crippen molar-refractivity contribution >= 4 is 11.6 Å². The number of hydrogen-bond donors (Lipinski definition) is 1. The molecule has 3 aromatic rings. The summed E-state index contributed by atoms with van der Waals surface area (Å²) in [6.07, 6.45) is 0.442. The number of carbonyl (C=O) groups is 1. The van der Waals surface area contributed by atoms with Gasteiger partial charge >= 0.3 is 0 Å². The Hall–Kier alpha value is -3.35. The highest BCUT2D eigenvalue weighted by Crippen LogP contribution is 2.20. The van der Waals surface area contributed by atoms with Crippen LogP contribution >= 0.6 is 0 Å². The van der Waals surface area contributed by atoms with Gasteiger partial charge in [-0.15, -0.1) is 0 Å². The van der Waals surface area contributed by atoms with Gasteiger partial charge in [0.25, 0.3) is 5.91 Å². The van der Waals surface area contributed by atoms with Gasteiger partial charge in [-0.1, -0.05) is 23.4 Å². The predicted molar refractivity (Wildman–Crippen MR) is 100 cm³/mol. The van der Waals surface area contributed by atoms with Crippen LogP contribution in [0.2, 0.25) is 0 Å². The lowest BCUT2D eigenvalue weighted by Gasteiger charge is -2.11. The highest BCUT2D eigenvalue weighted by Gasteiger charge is 2.11. The van der Waals surface area contributed by atoms with Crippen LogP contribution in [0.25, 0.3) is 0 Å². The first-order valence-electron chi connectivity index (χ1n) is 8.66. The maximum atomic E-state index is 12.3. The summed E-state index contributed by atoms with van der Waals surface area (Å²) >= 11 is 0. The van der Waals surface area contributed by atoms with E-state index >= 15 is 0 Å². The second-order valence-corrected chi connectivity index (χ2v) is 5.81. The molecule has 2 aromatic carbocycles. The van der Waals surface area contributed by atoms with Crippen LogP contribution in [-0.4, -0.2) is 29.3 Å². The Kier molecular flexibility index (Phi) is 6.04. The van der Waals surface area contributed by atoms with Crippen LogP contribution in [0.1, 0.15) is 24.2 Å². The van der Waals surface area contributed by atoms with Crippen molar-refractivity contribution in [2.75, 3.05) is 18.5 Å². The van der Waals surface area contributed by atoms with Crippen LogP contribution in [0.4, 0.5) is 5.69 Å². The Labute approximate surface area is 157 Å². The zero-order valence-electron chi connectivity index (χ0n) is 15.3. The Bertz CT molecular complexity index is 890. The number of amides is 1. The molecular formula is C20H21N3O4. The molecule has 0 aliphatic rings. The van der Waals surface area contributed by atoms with Gasteiger partial charge in [0.05, 0.1) is 13.0 Å². The van der Waals surface area contributed by atoms with Crippen molar-refractivity contribution in [3.05, 3.63) is 65.8 Å². The van der Waals surface area contributed by atoms with E-state index in [-0.39, 0.29) is 12.5 Å². The van der Waals surface area contributed by atoms with E-state index in [9.17, 15) is 4.79 Å². The van der Waals surface area contributed by atoms with Crippen molar-refractivity contribution in [3.63, 3.8) is 0 Å². The average Bonchev–Trinajstić information content (AvgIpc) is 3.08. The summed E-state index contributed by atoms with van der Waals surface area (Å²) in [6.45, 7) is 4.19. The molecule has 1 N–H and O–H groups in total. The number of nitrogens with one attached hydrogen (secondary N) is 1. The molecule has 0 atom stereocenters. The molecule has 0 saturated carbocycles. The van der Waals surface area contributed by atoms with E-state index < -0.39 is 0 Å². The summed E-state index contributed by atoms with van der Waals surface area (Å²) in [5.41, 5.74) is 1.57. The second kappa shape index (κ2) is 8.84. The normalized spacial score (nSPS) is 10.4. The molecule has 0 aliphatic heterocycles. The van der Waals surface area contributed by atoms with Crippen molar-refractivity contribution in [3.8, 4) is 11.5 Å². The number of aromatic nitrogens is 2. The summed E-state index contributed by atoms with van der Waals surface area (Å²) in [6, 6.07) is 14.6. The summed E-state index contributed by atoms with van der Waals surface area (Å²) < 4.78 is 16.1. The van der Waals surface area contributed by atoms with E-state index in [1.54, 1.807) is 31.2 Å². The first-order chi connectivity index (χ1) is 13.1. The van der Waals surface area contributed by atoms with Gasteiger partial charge in [-0.3, -0.25) is 4.79 Å². The lowest BCUT2D eigenvalue weighted by Crippen LogP contribution is -2.21. The fourth-order valence-corrected chi connectivity index (χ4v) is 2.51. The van der Waals surface area contributed by atoms with E-state index in [2.05, 4.69) is 15.5 Å². The van der Waals surface area contributed by atoms with Crippen molar-refractivity contribution in [2.24, 2.45) is 0 Å². The largest absolute Gasteiger partial charge is 0.494 e. The zero-order chi connectivity index (χ0) is 19.1. The first-order valence-corrected chi connectivity index (χ1v) is 8.66. The number of anilines is 1. The van der Waals surface area contributed by atoms with Crippen LogP contribution in [0.5, 0.6) is 11.5 Å². The highest BCUT2D eigenvalue weighted by molar-refractivity contribution is 5.92. The molecule has 0 aliphatic carbocycles. The third kappa shape index (κ3) is 5.31. The molecule has 1 heterocycles. The monoisotopic (exact) mass is 367 g/mol. The molecule has 7 heteroatoms. The Balaban J connectivity index is 1.57. The molecule has 0 fully saturated rings. The van der Waals surface area contributed by atoms with Gasteiger partial charge in [-0.05, 0) is 49.7 Å². The Morgan fingerprint density at radius 2 is 1.78 bits per heavy atom. The minimum Gasteiger partial charge on any atom is -0.494 e. The molecular weight excluding hydrogens is 346 g/mol. The lowest BCUT2D eigenvalue weighted by molar-refractivity contribution is -0.118. The molecule has 0 saturated heterocycles. The number of aryl methyl sites for hydroxylation is 1. The highest BCUT2D eigenvalue weighted by atomic mass is 16.5. The van der Waals surface area contributed by atoms with Crippen LogP contribution in [0.3, 0.4) is 0 Å². The molecule has 3 rings (SSSR count). The summed E-state index contributed by atoms with van der Waals surface area (Å²) in [5.74, 6) is 2.19. The van der Waals surface area contributed by atoms with Gasteiger partial charge in [-0.2, -0.15) is 4.98 Å². The van der Waals surface area contributed by atoms with Crippen LogP contribution in [0, 0.1) is 6.92 Å². The Morgan fingerprint density at radius 1 is 1.07 bits per heavy atom. The predicted octanol–water partition coefficient (Wildman–Crippen LogP) is 3.39. The van der Waals surface area contributed by atoms with E-state index in [0.717, 1.165) is 11.3 Å². The summed E-state index contributed by atoms with van der Waals surface area (Å²) in [5, 5.41) is 6.64. The number of nitrogens with zero attached hydrogens (tertiary/aromatic N) is 2. The molecule has 27 heavy (non-hydrogen) atoms. The molecule has 1 amide bonds. The topological polar surface area (TPSA) is 86.5 Å². The summed E-state index contributed by atoms with van der Waals surface area (Å²) in [7, 11) is 0. The van der Waals surface area contributed by atoms with E-state index in [1.807, 2.05) is 31.2 Å². The zero-order valence-corrected chi connectivity index (χ0v) is 15.3. The maximum absolute atomic E-state index is 12.3. The molecule has 7 nitrogen and oxygen atoms in total. The van der Waals surface area contributed by atoms with Gasteiger partial charge < -0.3 is 19.3 Å². The smallest absolute Gasteiger partial charge is 0.262 e. The lowest BCUT2D eigenvalue weighted by atomic mass is 10.1. The van der Waals surface area contributed by atoms with Crippen LogP contribution in [-0.2, 0) is 11.2 Å². The van der Waals surface area contributed by atoms with Crippen molar-refractivity contribution in [1.82, 2.24) is 10.1 Å². The number of para-hydroxylation sites is 1. The third-order valence-electron chi connectivity index (χ3n) is 3.71. The third-order valence-corrected chi connectivity index (χ3v) is 3.71. The molecule has 0 radical (unpaired) electrons. The Morgan fingerprint density at radius 3 is 2.44 bits per heavy atom. The van der Waals surface area contributed by atoms with E-state index in [0.29, 0.717) is 36.2 Å².